The van der Waals surface area contributed by atoms with Gasteiger partial charge in [0, 0.05) is 37.8 Å². The maximum absolute atomic E-state index is 12.6. The molecule has 0 atom stereocenters. The molecule has 7 nitrogen and oxygen atoms in total. The van der Waals surface area contributed by atoms with Crippen molar-refractivity contribution in [1.82, 2.24) is 20.0 Å². The molecule has 25 heavy (non-hydrogen) atoms. The van der Waals surface area contributed by atoms with E-state index < -0.39 is 0 Å². The lowest BCUT2D eigenvalue weighted by Crippen LogP contribution is -2.41. The van der Waals surface area contributed by atoms with E-state index in [1.807, 2.05) is 37.8 Å². The van der Waals surface area contributed by atoms with E-state index in [0.717, 1.165) is 37.4 Å². The normalized spacial score (nSPS) is 16.0. The molecule has 1 aliphatic rings. The van der Waals surface area contributed by atoms with Gasteiger partial charge in [0.15, 0.2) is 5.82 Å². The van der Waals surface area contributed by atoms with E-state index in [-0.39, 0.29) is 11.3 Å². The average Bonchev–Trinajstić information content (AvgIpc) is 2.86. The largest absolute Gasteiger partial charge is 0.354 e. The summed E-state index contributed by atoms with van der Waals surface area (Å²) >= 11 is 0. The fourth-order valence-corrected chi connectivity index (χ4v) is 3.03. The minimum Gasteiger partial charge on any atom is -0.354 e. The van der Waals surface area contributed by atoms with Gasteiger partial charge in [-0.25, -0.2) is 4.98 Å². The predicted octanol–water partition coefficient (Wildman–Crippen LogP) is 2.52. The summed E-state index contributed by atoms with van der Waals surface area (Å²) < 4.78 is 5.32. The molecule has 7 heteroatoms. The molecular weight excluding hydrogens is 318 g/mol. The molecule has 1 saturated heterocycles. The first kappa shape index (κ1) is 17.4. The van der Waals surface area contributed by atoms with Crippen LogP contribution >= 0.6 is 0 Å². The lowest BCUT2D eigenvalue weighted by molar-refractivity contribution is -0.139. The molecule has 0 spiro atoms. The van der Waals surface area contributed by atoms with Crippen LogP contribution in [0.1, 0.15) is 33.0 Å². The Morgan fingerprint density at radius 3 is 2.68 bits per heavy atom. The number of rotatable bonds is 2. The highest BCUT2D eigenvalue weighted by Gasteiger charge is 2.29. The summed E-state index contributed by atoms with van der Waals surface area (Å²) in [5.74, 6) is 2.11. The number of amides is 1. The molecule has 0 bridgehead atoms. The Labute approximate surface area is 148 Å². The lowest BCUT2D eigenvalue weighted by Gasteiger charge is -2.28. The van der Waals surface area contributed by atoms with E-state index in [0.29, 0.717) is 18.3 Å². The van der Waals surface area contributed by atoms with Crippen molar-refractivity contribution in [2.45, 2.75) is 34.1 Å². The second kappa shape index (κ2) is 6.82. The Morgan fingerprint density at radius 2 is 2.00 bits per heavy atom. The number of hydrogen-bond donors (Lipinski definition) is 0. The Kier molecular flexibility index (Phi) is 4.74. The van der Waals surface area contributed by atoms with Gasteiger partial charge in [-0.3, -0.25) is 4.79 Å². The van der Waals surface area contributed by atoms with Crippen molar-refractivity contribution in [1.29, 1.82) is 0 Å². The zero-order valence-corrected chi connectivity index (χ0v) is 15.3. The summed E-state index contributed by atoms with van der Waals surface area (Å²) in [5.41, 5.74) is 0.478. The number of carbonyl (C=O) groups is 1. The number of aryl methyl sites for hydroxylation is 1. The summed E-state index contributed by atoms with van der Waals surface area (Å²) in [6.07, 6.45) is 2.67. The predicted molar refractivity (Wildman–Crippen MR) is 95.1 cm³/mol. The first-order valence-electron chi connectivity index (χ1n) is 8.66. The minimum atomic E-state index is -0.355. The molecule has 3 heterocycles. The smallest absolute Gasteiger partial charge is 0.261 e. The van der Waals surface area contributed by atoms with Gasteiger partial charge in [0.2, 0.25) is 5.91 Å². The molecular formula is C18H25N5O2. The molecule has 0 radical (unpaired) electrons. The molecule has 1 amide bonds. The van der Waals surface area contributed by atoms with Crippen LogP contribution in [0.2, 0.25) is 0 Å². The van der Waals surface area contributed by atoms with Gasteiger partial charge in [-0.05, 0) is 25.5 Å². The van der Waals surface area contributed by atoms with Gasteiger partial charge in [0.1, 0.15) is 5.82 Å². The third-order valence-corrected chi connectivity index (χ3v) is 4.27. The van der Waals surface area contributed by atoms with E-state index in [2.05, 4.69) is 20.0 Å². The highest BCUT2D eigenvalue weighted by molar-refractivity contribution is 5.81. The van der Waals surface area contributed by atoms with E-state index in [1.165, 1.54) is 0 Å². The number of aromatic nitrogens is 3. The second-order valence-corrected chi connectivity index (χ2v) is 7.40. The third-order valence-electron chi connectivity index (χ3n) is 4.27. The molecule has 0 aromatic carbocycles. The van der Waals surface area contributed by atoms with Crippen molar-refractivity contribution in [2.24, 2.45) is 5.41 Å². The Balaban J connectivity index is 1.81. The zero-order valence-electron chi connectivity index (χ0n) is 15.3. The van der Waals surface area contributed by atoms with Crippen LogP contribution < -0.4 is 4.90 Å². The summed E-state index contributed by atoms with van der Waals surface area (Å²) in [6, 6.07) is 3.81. The molecule has 0 saturated carbocycles. The van der Waals surface area contributed by atoms with Crippen LogP contribution in [0.5, 0.6) is 0 Å². The first-order chi connectivity index (χ1) is 11.9. The van der Waals surface area contributed by atoms with Gasteiger partial charge in [0.25, 0.3) is 5.89 Å². The number of carbonyl (C=O) groups excluding carboxylic acids is 1. The van der Waals surface area contributed by atoms with Gasteiger partial charge >= 0.3 is 0 Å². The Bertz CT molecular complexity index is 750. The summed E-state index contributed by atoms with van der Waals surface area (Å²) in [7, 11) is 0. The van der Waals surface area contributed by atoms with Crippen molar-refractivity contribution in [3.63, 3.8) is 0 Å². The molecule has 0 aliphatic carbocycles. The van der Waals surface area contributed by atoms with Crippen molar-refractivity contribution < 1.29 is 9.32 Å². The highest BCUT2D eigenvalue weighted by Crippen LogP contribution is 2.28. The molecule has 0 unspecified atom stereocenters. The quantitative estimate of drug-likeness (QED) is 0.834. The molecule has 134 valence electrons. The van der Waals surface area contributed by atoms with Crippen molar-refractivity contribution >= 4 is 11.7 Å². The number of hydrogen-bond acceptors (Lipinski definition) is 6. The average molecular weight is 343 g/mol. The Hall–Kier alpha value is -2.44. The molecule has 3 rings (SSSR count). The van der Waals surface area contributed by atoms with Crippen LogP contribution in [0.3, 0.4) is 0 Å². The van der Waals surface area contributed by atoms with Crippen LogP contribution in [0, 0.1) is 12.3 Å². The monoisotopic (exact) mass is 343 g/mol. The summed E-state index contributed by atoms with van der Waals surface area (Å²) in [6.45, 7) is 10.7. The highest BCUT2D eigenvalue weighted by atomic mass is 16.5. The zero-order chi connectivity index (χ0) is 18.0. The van der Waals surface area contributed by atoms with E-state index in [4.69, 9.17) is 4.52 Å². The van der Waals surface area contributed by atoms with Crippen molar-refractivity contribution in [2.75, 3.05) is 31.1 Å². The SMILES string of the molecule is Cc1noc(-c2cccnc2N2CCCN(C(=O)C(C)(C)C)CC2)n1. The van der Waals surface area contributed by atoms with Gasteiger partial charge in [-0.15, -0.1) is 0 Å². The van der Waals surface area contributed by atoms with E-state index >= 15 is 0 Å². The molecule has 1 fully saturated rings. The Morgan fingerprint density at radius 1 is 1.20 bits per heavy atom. The van der Waals surface area contributed by atoms with Gasteiger partial charge in [-0.1, -0.05) is 25.9 Å². The first-order valence-corrected chi connectivity index (χ1v) is 8.66. The van der Waals surface area contributed by atoms with Crippen LogP contribution in [0.25, 0.3) is 11.5 Å². The van der Waals surface area contributed by atoms with Crippen LogP contribution in [-0.2, 0) is 4.79 Å². The number of anilines is 1. The number of pyridine rings is 1. The van der Waals surface area contributed by atoms with E-state index in [9.17, 15) is 4.79 Å². The second-order valence-electron chi connectivity index (χ2n) is 7.40. The summed E-state index contributed by atoms with van der Waals surface area (Å²) in [5, 5.41) is 3.87. The van der Waals surface area contributed by atoms with E-state index in [1.54, 1.807) is 13.1 Å². The maximum Gasteiger partial charge on any atom is 0.261 e. The molecule has 1 aliphatic heterocycles. The minimum absolute atomic E-state index is 0.197. The lowest BCUT2D eigenvalue weighted by atomic mass is 9.94. The van der Waals surface area contributed by atoms with Gasteiger partial charge in [-0.2, -0.15) is 4.98 Å². The van der Waals surface area contributed by atoms with Crippen LogP contribution in [-0.4, -0.2) is 52.1 Å². The fourth-order valence-electron chi connectivity index (χ4n) is 3.03. The van der Waals surface area contributed by atoms with Crippen LogP contribution in [0.15, 0.2) is 22.9 Å². The standard InChI is InChI=1S/C18H25N5O2/c1-13-20-16(25-21-13)14-7-5-8-19-15(14)22-9-6-10-23(12-11-22)17(24)18(2,3)4/h5,7-8H,6,9-12H2,1-4H3. The number of nitrogens with zero attached hydrogens (tertiary/aromatic N) is 5. The molecule has 0 N–H and O–H groups in total. The third kappa shape index (κ3) is 3.81. The molecule has 2 aromatic heterocycles. The topological polar surface area (TPSA) is 75.4 Å². The molecule has 2 aromatic rings. The van der Waals surface area contributed by atoms with Crippen LogP contribution in [0.4, 0.5) is 5.82 Å². The fraction of sp³-hybridized carbons (Fsp3) is 0.556. The maximum atomic E-state index is 12.6. The van der Waals surface area contributed by atoms with Crippen molar-refractivity contribution in [3.8, 4) is 11.5 Å². The van der Waals surface area contributed by atoms with Gasteiger partial charge in [0.05, 0.1) is 5.56 Å². The summed E-state index contributed by atoms with van der Waals surface area (Å²) in [4.78, 5) is 25.6. The van der Waals surface area contributed by atoms with Gasteiger partial charge < -0.3 is 14.3 Å². The van der Waals surface area contributed by atoms with Crippen molar-refractivity contribution in [3.05, 3.63) is 24.2 Å².